The minimum atomic E-state index is -2.65. The number of nitrogens with one attached hydrogen (secondary N) is 2. The summed E-state index contributed by atoms with van der Waals surface area (Å²) in [6.45, 7) is 8.30. The molecule has 1 atom stereocenters. The van der Waals surface area contributed by atoms with Gasteiger partial charge in [0, 0.05) is 25.2 Å². The number of likely N-dealkylation sites (tertiary alicyclic amines) is 1. The minimum absolute atomic E-state index is 0.180. The highest BCUT2D eigenvalue weighted by atomic mass is 19.3. The van der Waals surface area contributed by atoms with Crippen LogP contribution in [-0.4, -0.2) is 47.0 Å². The Kier molecular flexibility index (Phi) is 5.86. The number of piperidine rings is 1. The van der Waals surface area contributed by atoms with E-state index in [9.17, 15) is 13.6 Å². The molecule has 1 aromatic heterocycles. The maximum atomic E-state index is 12.7. The van der Waals surface area contributed by atoms with Gasteiger partial charge in [0.15, 0.2) is 5.82 Å². The van der Waals surface area contributed by atoms with Crippen molar-refractivity contribution < 1.29 is 13.6 Å². The zero-order valence-electron chi connectivity index (χ0n) is 15.3. The van der Waals surface area contributed by atoms with Crippen molar-refractivity contribution in [3.05, 3.63) is 29.6 Å². The molecule has 1 aliphatic heterocycles. The molecule has 3 rings (SSSR count). The maximum absolute atomic E-state index is 12.7. The van der Waals surface area contributed by atoms with Gasteiger partial charge < -0.3 is 15.2 Å². The van der Waals surface area contributed by atoms with Gasteiger partial charge in [-0.15, -0.1) is 0 Å². The van der Waals surface area contributed by atoms with Gasteiger partial charge in [-0.25, -0.2) is 13.8 Å². The molecular formula is C19H26F2N4O. The van der Waals surface area contributed by atoms with Crippen LogP contribution in [0.4, 0.5) is 8.78 Å². The molecule has 0 aliphatic carbocycles. The van der Waals surface area contributed by atoms with Crippen LogP contribution in [0.2, 0.25) is 0 Å². The number of carbonyl (C=O) groups is 1. The molecule has 1 fully saturated rings. The van der Waals surface area contributed by atoms with Gasteiger partial charge >= 0.3 is 0 Å². The number of benzene rings is 1. The number of aromatic amines is 1. The van der Waals surface area contributed by atoms with Crippen molar-refractivity contribution in [2.45, 2.75) is 33.1 Å². The number of imidazole rings is 1. The third-order valence-corrected chi connectivity index (χ3v) is 4.75. The normalized spacial score (nSPS) is 18.8. The molecule has 2 N–H and O–H groups in total. The number of rotatable bonds is 6. The molecule has 0 bridgehead atoms. The number of H-pyrrole nitrogens is 1. The van der Waals surface area contributed by atoms with Gasteiger partial charge in [0.25, 0.3) is 12.3 Å². The van der Waals surface area contributed by atoms with Crippen LogP contribution in [-0.2, 0) is 0 Å². The average molecular weight is 364 g/mol. The van der Waals surface area contributed by atoms with Gasteiger partial charge in [-0.05, 0) is 49.4 Å². The van der Waals surface area contributed by atoms with Crippen molar-refractivity contribution in [2.24, 2.45) is 11.8 Å². The zero-order valence-corrected chi connectivity index (χ0v) is 15.3. The minimum Gasteiger partial charge on any atom is -0.352 e. The third-order valence-electron chi connectivity index (χ3n) is 4.75. The van der Waals surface area contributed by atoms with Crippen molar-refractivity contribution in [2.75, 3.05) is 26.2 Å². The Balaban J connectivity index is 1.58. The van der Waals surface area contributed by atoms with Crippen LogP contribution < -0.4 is 5.32 Å². The molecule has 2 aromatic rings. The number of nitrogens with zero attached hydrogens (tertiary/aromatic N) is 2. The lowest BCUT2D eigenvalue weighted by molar-refractivity contribution is 0.0929. The summed E-state index contributed by atoms with van der Waals surface area (Å²) in [4.78, 5) is 21.3. The molecule has 1 amide bonds. The highest BCUT2D eigenvalue weighted by Crippen LogP contribution is 2.21. The third kappa shape index (κ3) is 4.58. The van der Waals surface area contributed by atoms with Crippen LogP contribution in [0.3, 0.4) is 0 Å². The van der Waals surface area contributed by atoms with Gasteiger partial charge in [-0.3, -0.25) is 4.79 Å². The van der Waals surface area contributed by atoms with Crippen LogP contribution in [0, 0.1) is 11.8 Å². The molecule has 0 saturated carbocycles. The van der Waals surface area contributed by atoms with E-state index in [1.54, 1.807) is 18.2 Å². The number of alkyl halides is 2. The first-order chi connectivity index (χ1) is 12.4. The fourth-order valence-corrected chi connectivity index (χ4v) is 3.61. The molecule has 1 aliphatic rings. The van der Waals surface area contributed by atoms with Crippen LogP contribution >= 0.6 is 0 Å². The Morgan fingerprint density at radius 2 is 2.23 bits per heavy atom. The molecule has 2 heterocycles. The topological polar surface area (TPSA) is 61.0 Å². The first kappa shape index (κ1) is 18.8. The lowest BCUT2D eigenvalue weighted by Crippen LogP contribution is -2.42. The van der Waals surface area contributed by atoms with Crippen molar-refractivity contribution in [1.82, 2.24) is 20.2 Å². The Labute approximate surface area is 152 Å². The van der Waals surface area contributed by atoms with Crippen molar-refractivity contribution in [3.63, 3.8) is 0 Å². The number of hydrogen-bond acceptors (Lipinski definition) is 3. The molecule has 5 nitrogen and oxygen atoms in total. The second-order valence-electron chi connectivity index (χ2n) is 7.53. The van der Waals surface area contributed by atoms with E-state index in [4.69, 9.17) is 0 Å². The number of aromatic nitrogens is 2. The maximum Gasteiger partial charge on any atom is 0.295 e. The molecule has 0 spiro atoms. The summed E-state index contributed by atoms with van der Waals surface area (Å²) in [7, 11) is 0. The van der Waals surface area contributed by atoms with Crippen LogP contribution in [0.15, 0.2) is 18.2 Å². The highest BCUT2D eigenvalue weighted by Gasteiger charge is 2.21. The van der Waals surface area contributed by atoms with Gasteiger partial charge in [-0.2, -0.15) is 0 Å². The summed E-state index contributed by atoms with van der Waals surface area (Å²) in [5.41, 5.74) is 1.35. The van der Waals surface area contributed by atoms with E-state index < -0.39 is 6.43 Å². The van der Waals surface area contributed by atoms with Crippen LogP contribution in [0.5, 0.6) is 0 Å². The summed E-state index contributed by atoms with van der Waals surface area (Å²) in [5, 5.41) is 2.99. The standard InChI is InChI=1S/C19H26F2N4O/c1-12(2)10-25-7-3-4-13(11-25)9-22-19(26)14-5-6-15-16(8-14)24-18(23-15)17(20)21/h5-6,8,12-13,17H,3-4,7,9-11H2,1-2H3,(H,22,26)(H,23,24). The molecule has 142 valence electrons. The van der Waals surface area contributed by atoms with Gasteiger partial charge in [0.05, 0.1) is 11.0 Å². The highest BCUT2D eigenvalue weighted by molar-refractivity contribution is 5.97. The van der Waals surface area contributed by atoms with E-state index in [1.807, 2.05) is 0 Å². The van der Waals surface area contributed by atoms with E-state index in [2.05, 4.69) is 34.0 Å². The van der Waals surface area contributed by atoms with Crippen LogP contribution in [0.1, 0.15) is 49.3 Å². The summed E-state index contributed by atoms with van der Waals surface area (Å²) in [6.07, 6.45) is -0.379. The van der Waals surface area contributed by atoms with Gasteiger partial charge in [-0.1, -0.05) is 13.8 Å². The molecule has 1 saturated heterocycles. The lowest BCUT2D eigenvalue weighted by atomic mass is 9.97. The quantitative estimate of drug-likeness (QED) is 0.823. The van der Waals surface area contributed by atoms with Crippen molar-refractivity contribution in [3.8, 4) is 0 Å². The number of hydrogen-bond donors (Lipinski definition) is 2. The Morgan fingerprint density at radius 3 is 2.96 bits per heavy atom. The molecule has 26 heavy (non-hydrogen) atoms. The Bertz CT molecular complexity index is 759. The monoisotopic (exact) mass is 364 g/mol. The smallest absolute Gasteiger partial charge is 0.295 e. The number of amides is 1. The van der Waals surface area contributed by atoms with Gasteiger partial charge in [0.2, 0.25) is 0 Å². The van der Waals surface area contributed by atoms with E-state index in [1.165, 1.54) is 0 Å². The van der Waals surface area contributed by atoms with E-state index in [-0.39, 0.29) is 11.7 Å². The average Bonchev–Trinajstić information content (AvgIpc) is 3.03. The van der Waals surface area contributed by atoms with E-state index in [0.717, 1.165) is 32.5 Å². The van der Waals surface area contributed by atoms with Gasteiger partial charge in [0.1, 0.15) is 0 Å². The first-order valence-electron chi connectivity index (χ1n) is 9.20. The van der Waals surface area contributed by atoms with Crippen LogP contribution in [0.25, 0.3) is 11.0 Å². The summed E-state index contributed by atoms with van der Waals surface area (Å²) in [6, 6.07) is 4.80. The second kappa shape index (κ2) is 8.12. The fourth-order valence-electron chi connectivity index (χ4n) is 3.61. The fraction of sp³-hybridized carbons (Fsp3) is 0.579. The molecule has 0 radical (unpaired) electrons. The Hall–Kier alpha value is -2.02. The predicted molar refractivity (Wildman–Crippen MR) is 97.4 cm³/mol. The molecular weight excluding hydrogens is 338 g/mol. The van der Waals surface area contributed by atoms with Crippen molar-refractivity contribution in [1.29, 1.82) is 0 Å². The second-order valence-corrected chi connectivity index (χ2v) is 7.53. The number of halogens is 2. The summed E-state index contributed by atoms with van der Waals surface area (Å²) >= 11 is 0. The molecule has 7 heteroatoms. The van der Waals surface area contributed by atoms with E-state index in [0.29, 0.717) is 35.0 Å². The first-order valence-corrected chi connectivity index (χ1v) is 9.20. The largest absolute Gasteiger partial charge is 0.352 e. The molecule has 1 unspecified atom stereocenters. The van der Waals surface area contributed by atoms with E-state index >= 15 is 0 Å². The zero-order chi connectivity index (χ0) is 18.7. The Morgan fingerprint density at radius 1 is 1.42 bits per heavy atom. The molecule has 1 aromatic carbocycles. The number of fused-ring (bicyclic) bond motifs is 1. The van der Waals surface area contributed by atoms with Crippen molar-refractivity contribution >= 4 is 16.9 Å². The SMILES string of the molecule is CC(C)CN1CCCC(CNC(=O)c2ccc3nc(C(F)F)[nH]c3c2)C1. The summed E-state index contributed by atoms with van der Waals surface area (Å²) in [5.74, 6) is 0.543. The number of carbonyl (C=O) groups excluding carboxylic acids is 1. The predicted octanol–water partition coefficient (Wildman–Crippen LogP) is 3.60. The summed E-state index contributed by atoms with van der Waals surface area (Å²) < 4.78 is 25.4. The lowest BCUT2D eigenvalue weighted by Gasteiger charge is -2.33.